The van der Waals surface area contributed by atoms with E-state index in [-0.39, 0.29) is 0 Å². The van der Waals surface area contributed by atoms with E-state index in [1.165, 1.54) is 30.5 Å². The van der Waals surface area contributed by atoms with Gasteiger partial charge in [0.2, 0.25) is 5.91 Å². The van der Waals surface area contributed by atoms with Gasteiger partial charge in [0.05, 0.1) is 6.54 Å². The molecule has 0 bridgehead atoms. The predicted molar refractivity (Wildman–Crippen MR) is 76.3 cm³/mol. The minimum atomic E-state index is 0.303. The van der Waals surface area contributed by atoms with E-state index in [0.29, 0.717) is 18.2 Å². The van der Waals surface area contributed by atoms with Crippen LogP contribution in [0.3, 0.4) is 0 Å². The van der Waals surface area contributed by atoms with Gasteiger partial charge in [0.1, 0.15) is 0 Å². The lowest BCUT2D eigenvalue weighted by atomic mass is 9.82. The summed E-state index contributed by atoms with van der Waals surface area (Å²) in [6, 6.07) is 10.3. The van der Waals surface area contributed by atoms with E-state index in [1.54, 1.807) is 5.57 Å². The minimum absolute atomic E-state index is 0.303. The first-order chi connectivity index (χ1) is 9.25. The second-order valence-corrected chi connectivity index (χ2v) is 5.75. The zero-order valence-corrected chi connectivity index (χ0v) is 11.6. The Kier molecular flexibility index (Phi) is 3.41. The largest absolute Gasteiger partial charge is 0.312 e. The average molecular weight is 255 g/mol. The van der Waals surface area contributed by atoms with Crippen LogP contribution in [0.15, 0.2) is 41.6 Å². The Balaban J connectivity index is 1.90. The third kappa shape index (κ3) is 2.44. The maximum absolute atomic E-state index is 12.4. The van der Waals surface area contributed by atoms with Gasteiger partial charge in [0.15, 0.2) is 0 Å². The summed E-state index contributed by atoms with van der Waals surface area (Å²) in [4.78, 5) is 14.4. The van der Waals surface area contributed by atoms with Crippen LogP contribution in [0.4, 0.5) is 0 Å². The number of rotatable bonds is 2. The van der Waals surface area contributed by atoms with Gasteiger partial charge in [-0.1, -0.05) is 37.3 Å². The summed E-state index contributed by atoms with van der Waals surface area (Å²) in [5.41, 5.74) is 4.10. The smallest absolute Gasteiger partial charge is 0.227 e. The van der Waals surface area contributed by atoms with Crippen molar-refractivity contribution < 1.29 is 4.79 Å². The lowest BCUT2D eigenvalue weighted by Crippen LogP contribution is -2.37. The number of hydrogen-bond acceptors (Lipinski definition) is 1. The summed E-state index contributed by atoms with van der Waals surface area (Å²) in [5, 5.41) is 0. The van der Waals surface area contributed by atoms with Crippen molar-refractivity contribution in [2.45, 2.75) is 45.6 Å². The summed E-state index contributed by atoms with van der Waals surface area (Å²) in [5.74, 6) is 0.756. The minimum Gasteiger partial charge on any atom is -0.312 e. The van der Waals surface area contributed by atoms with Crippen LogP contribution in [0.2, 0.25) is 0 Å². The van der Waals surface area contributed by atoms with Crippen molar-refractivity contribution in [3.8, 4) is 0 Å². The van der Waals surface area contributed by atoms with E-state index < -0.39 is 0 Å². The molecule has 1 atom stereocenters. The molecule has 1 amide bonds. The van der Waals surface area contributed by atoms with E-state index in [2.05, 4.69) is 19.1 Å². The molecule has 1 heterocycles. The Labute approximate surface area is 115 Å². The van der Waals surface area contributed by atoms with Gasteiger partial charge in [0.25, 0.3) is 0 Å². The number of carbonyl (C=O) groups is 1. The van der Waals surface area contributed by atoms with Crippen molar-refractivity contribution in [1.29, 1.82) is 0 Å². The Morgan fingerprint density at radius 3 is 2.68 bits per heavy atom. The summed E-state index contributed by atoms with van der Waals surface area (Å²) < 4.78 is 0. The second kappa shape index (κ2) is 5.20. The van der Waals surface area contributed by atoms with E-state index in [0.717, 1.165) is 13.0 Å². The monoisotopic (exact) mass is 255 g/mol. The third-order valence-electron chi connectivity index (χ3n) is 4.37. The van der Waals surface area contributed by atoms with Crippen LogP contribution >= 0.6 is 0 Å². The van der Waals surface area contributed by atoms with Gasteiger partial charge >= 0.3 is 0 Å². The summed E-state index contributed by atoms with van der Waals surface area (Å²) >= 11 is 0. The van der Waals surface area contributed by atoms with Crippen LogP contribution in [0.25, 0.3) is 0 Å². The molecule has 0 saturated heterocycles. The molecule has 1 aliphatic heterocycles. The maximum atomic E-state index is 12.4. The fourth-order valence-electron chi connectivity index (χ4n) is 3.35. The number of hydrogen-bond donors (Lipinski definition) is 0. The fourth-order valence-corrected chi connectivity index (χ4v) is 3.35. The Morgan fingerprint density at radius 1 is 1.16 bits per heavy atom. The first kappa shape index (κ1) is 12.5. The van der Waals surface area contributed by atoms with Gasteiger partial charge < -0.3 is 4.90 Å². The van der Waals surface area contributed by atoms with E-state index in [9.17, 15) is 4.79 Å². The number of allylic oxidation sites excluding steroid dienone is 2. The highest BCUT2D eigenvalue weighted by atomic mass is 16.2. The van der Waals surface area contributed by atoms with Gasteiger partial charge in [-0.25, -0.2) is 0 Å². The average Bonchev–Trinajstić information content (AvgIpc) is 2.45. The van der Waals surface area contributed by atoms with Crippen molar-refractivity contribution in [3.63, 3.8) is 0 Å². The summed E-state index contributed by atoms with van der Waals surface area (Å²) in [6.07, 6.45) is 5.47. The zero-order valence-electron chi connectivity index (χ0n) is 11.6. The van der Waals surface area contributed by atoms with Gasteiger partial charge in [-0.15, -0.1) is 0 Å². The Bertz CT molecular complexity index is 503. The van der Waals surface area contributed by atoms with Crippen LogP contribution in [-0.4, -0.2) is 10.8 Å². The maximum Gasteiger partial charge on any atom is 0.227 e. The van der Waals surface area contributed by atoms with E-state index >= 15 is 0 Å². The number of benzene rings is 1. The van der Waals surface area contributed by atoms with Crippen molar-refractivity contribution in [2.24, 2.45) is 5.92 Å². The number of amides is 1. The molecule has 0 fully saturated rings. The van der Waals surface area contributed by atoms with Crippen molar-refractivity contribution in [2.75, 3.05) is 0 Å². The van der Waals surface area contributed by atoms with Crippen LogP contribution in [0.5, 0.6) is 0 Å². The van der Waals surface area contributed by atoms with Crippen LogP contribution in [-0.2, 0) is 11.3 Å². The second-order valence-electron chi connectivity index (χ2n) is 5.75. The van der Waals surface area contributed by atoms with Gasteiger partial charge in [-0.05, 0) is 42.7 Å². The van der Waals surface area contributed by atoms with Gasteiger partial charge in [0, 0.05) is 12.1 Å². The molecule has 1 aliphatic carbocycles. The highest BCUT2D eigenvalue weighted by Crippen LogP contribution is 2.38. The molecule has 2 nitrogen and oxygen atoms in total. The summed E-state index contributed by atoms with van der Waals surface area (Å²) in [7, 11) is 0. The molecule has 0 aromatic heterocycles. The standard InChI is InChI=1S/C17H21NO/c1-13-11-17(19)18(12-14-7-3-2-4-8-14)16-10-6-5-9-15(13)16/h2-4,7-8,13H,5-6,9-12H2,1H3. The molecule has 0 spiro atoms. The molecule has 1 aromatic rings. The van der Waals surface area contributed by atoms with Crippen LogP contribution < -0.4 is 0 Å². The lowest BCUT2D eigenvalue weighted by Gasteiger charge is -2.38. The molecule has 3 rings (SSSR count). The highest BCUT2D eigenvalue weighted by Gasteiger charge is 2.32. The van der Waals surface area contributed by atoms with Crippen molar-refractivity contribution >= 4 is 5.91 Å². The number of carbonyl (C=O) groups excluding carboxylic acids is 1. The van der Waals surface area contributed by atoms with Gasteiger partial charge in [-0.3, -0.25) is 4.79 Å². The molecule has 1 aromatic carbocycles. The molecular weight excluding hydrogens is 234 g/mol. The first-order valence-corrected chi connectivity index (χ1v) is 7.32. The SMILES string of the molecule is CC1CC(=O)N(Cc2ccccc2)C2=C1CCCC2. The van der Waals surface area contributed by atoms with Crippen molar-refractivity contribution in [3.05, 3.63) is 47.2 Å². The molecule has 0 N–H and O–H groups in total. The third-order valence-corrected chi connectivity index (χ3v) is 4.37. The molecule has 0 saturated carbocycles. The molecule has 0 radical (unpaired) electrons. The Hall–Kier alpha value is -1.57. The lowest BCUT2D eigenvalue weighted by molar-refractivity contribution is -0.131. The first-order valence-electron chi connectivity index (χ1n) is 7.32. The highest BCUT2D eigenvalue weighted by molar-refractivity contribution is 5.80. The molecule has 2 heteroatoms. The Morgan fingerprint density at radius 2 is 1.89 bits per heavy atom. The molecular formula is C17H21NO. The summed E-state index contributed by atoms with van der Waals surface area (Å²) in [6.45, 7) is 2.95. The quantitative estimate of drug-likeness (QED) is 0.785. The van der Waals surface area contributed by atoms with Crippen LogP contribution in [0.1, 0.15) is 44.6 Å². The van der Waals surface area contributed by atoms with Crippen LogP contribution in [0, 0.1) is 5.92 Å². The normalized spacial score (nSPS) is 23.5. The predicted octanol–water partition coefficient (Wildman–Crippen LogP) is 3.88. The fraction of sp³-hybridized carbons (Fsp3) is 0.471. The topological polar surface area (TPSA) is 20.3 Å². The number of nitrogens with zero attached hydrogens (tertiary/aromatic N) is 1. The zero-order chi connectivity index (χ0) is 13.2. The molecule has 100 valence electrons. The molecule has 2 aliphatic rings. The molecule has 1 unspecified atom stereocenters. The molecule has 19 heavy (non-hydrogen) atoms. The van der Waals surface area contributed by atoms with Gasteiger partial charge in [-0.2, -0.15) is 0 Å². The van der Waals surface area contributed by atoms with E-state index in [4.69, 9.17) is 0 Å². The van der Waals surface area contributed by atoms with E-state index in [1.807, 2.05) is 23.1 Å². The van der Waals surface area contributed by atoms with Crippen molar-refractivity contribution in [1.82, 2.24) is 4.90 Å².